The van der Waals surface area contributed by atoms with Gasteiger partial charge in [-0.15, -0.1) is 11.8 Å². The van der Waals surface area contributed by atoms with Gasteiger partial charge in [-0.3, -0.25) is 14.5 Å². The van der Waals surface area contributed by atoms with Gasteiger partial charge in [-0.25, -0.2) is 8.42 Å². The summed E-state index contributed by atoms with van der Waals surface area (Å²) in [6, 6.07) is 17.3. The van der Waals surface area contributed by atoms with Gasteiger partial charge in [0.25, 0.3) is 10.0 Å². The molecule has 0 saturated heterocycles. The van der Waals surface area contributed by atoms with E-state index in [4.69, 9.17) is 0 Å². The normalized spacial score (nSPS) is 12.2. The van der Waals surface area contributed by atoms with E-state index >= 15 is 0 Å². The number of carbonyl (C=O) groups excluding carboxylic acids is 1. The summed E-state index contributed by atoms with van der Waals surface area (Å²) in [5.74, 6) is -0.153. The third kappa shape index (κ3) is 5.82. The third-order valence-electron chi connectivity index (χ3n) is 4.05. The molecule has 2 N–H and O–H groups in total. The van der Waals surface area contributed by atoms with Gasteiger partial charge in [-0.1, -0.05) is 17.7 Å². The number of pyridine rings is 1. The van der Waals surface area contributed by atoms with Crippen molar-refractivity contribution in [3.63, 3.8) is 0 Å². The zero-order chi connectivity index (χ0) is 20.9. The van der Waals surface area contributed by atoms with Crippen LogP contribution in [0.1, 0.15) is 12.5 Å². The van der Waals surface area contributed by atoms with Crippen LogP contribution in [0.3, 0.4) is 0 Å². The summed E-state index contributed by atoms with van der Waals surface area (Å²) in [4.78, 5) is 17.4. The molecule has 29 heavy (non-hydrogen) atoms. The molecular formula is C21H21N3O3S2. The summed E-state index contributed by atoms with van der Waals surface area (Å²) in [7, 11) is -3.73. The van der Waals surface area contributed by atoms with E-state index in [1.54, 1.807) is 30.5 Å². The van der Waals surface area contributed by atoms with E-state index in [1.807, 2.05) is 38.1 Å². The molecule has 0 saturated carbocycles. The van der Waals surface area contributed by atoms with Crippen molar-refractivity contribution in [1.29, 1.82) is 0 Å². The first-order valence-corrected chi connectivity index (χ1v) is 11.3. The van der Waals surface area contributed by atoms with Crippen LogP contribution in [0.4, 0.5) is 11.4 Å². The van der Waals surface area contributed by atoms with Crippen molar-refractivity contribution >= 4 is 39.1 Å². The van der Waals surface area contributed by atoms with Crippen LogP contribution in [0, 0.1) is 6.92 Å². The molecule has 0 fully saturated rings. The molecule has 1 atom stereocenters. The lowest BCUT2D eigenvalue weighted by Gasteiger charge is -2.13. The molecule has 2 aromatic carbocycles. The van der Waals surface area contributed by atoms with Gasteiger partial charge in [0.05, 0.1) is 22.0 Å². The minimum absolute atomic E-state index is 0.0985. The number of sulfonamides is 1. The monoisotopic (exact) mass is 427 g/mol. The molecule has 3 rings (SSSR count). The molecule has 0 aliphatic heterocycles. The van der Waals surface area contributed by atoms with Crippen molar-refractivity contribution in [3.8, 4) is 0 Å². The number of nitrogens with zero attached hydrogens (tertiary/aromatic N) is 1. The van der Waals surface area contributed by atoms with Crippen molar-refractivity contribution in [3.05, 3.63) is 78.6 Å². The fourth-order valence-corrected chi connectivity index (χ4v) is 4.38. The number of rotatable bonds is 7. The maximum atomic E-state index is 12.4. The van der Waals surface area contributed by atoms with Crippen LogP contribution in [0.2, 0.25) is 0 Å². The first-order valence-electron chi connectivity index (χ1n) is 8.90. The number of aromatic nitrogens is 1. The first kappa shape index (κ1) is 20.9. The Kier molecular flexibility index (Phi) is 6.56. The molecule has 150 valence electrons. The molecule has 1 aromatic heterocycles. The van der Waals surface area contributed by atoms with Crippen LogP contribution in [0.5, 0.6) is 0 Å². The SMILES string of the molecule is Cc1ccc(S[C@H](C)C(=O)Nc2ccc(S(=O)(=O)Nc3cccnc3)cc2)cc1. The fraction of sp³-hybridized carbons (Fsp3) is 0.143. The van der Waals surface area contributed by atoms with E-state index in [9.17, 15) is 13.2 Å². The van der Waals surface area contributed by atoms with Crippen LogP contribution in [0.25, 0.3) is 0 Å². The number of anilines is 2. The standard InChI is InChI=1S/C21H21N3O3S2/c1-15-5-9-19(10-6-15)28-16(2)21(25)23-17-7-11-20(12-8-17)29(26,27)24-18-4-3-13-22-14-18/h3-14,16,24H,1-2H3,(H,23,25)/t16-/m1/s1. The number of aryl methyl sites for hydroxylation is 1. The lowest BCUT2D eigenvalue weighted by atomic mass is 10.2. The number of hydrogen-bond acceptors (Lipinski definition) is 5. The van der Waals surface area contributed by atoms with E-state index in [2.05, 4.69) is 15.0 Å². The first-order chi connectivity index (χ1) is 13.8. The highest BCUT2D eigenvalue weighted by Crippen LogP contribution is 2.25. The van der Waals surface area contributed by atoms with Gasteiger partial charge in [0.1, 0.15) is 0 Å². The molecule has 6 nitrogen and oxygen atoms in total. The lowest BCUT2D eigenvalue weighted by molar-refractivity contribution is -0.115. The van der Waals surface area contributed by atoms with Crippen LogP contribution >= 0.6 is 11.8 Å². The van der Waals surface area contributed by atoms with E-state index in [0.717, 1.165) is 4.90 Å². The molecule has 1 amide bonds. The quantitative estimate of drug-likeness (QED) is 0.549. The summed E-state index contributed by atoms with van der Waals surface area (Å²) >= 11 is 1.46. The van der Waals surface area contributed by atoms with Crippen LogP contribution < -0.4 is 10.0 Å². The second-order valence-electron chi connectivity index (χ2n) is 6.43. The molecule has 0 aliphatic rings. The predicted molar refractivity (Wildman–Crippen MR) is 117 cm³/mol. The van der Waals surface area contributed by atoms with E-state index < -0.39 is 10.0 Å². The zero-order valence-corrected chi connectivity index (χ0v) is 17.6. The minimum Gasteiger partial charge on any atom is -0.325 e. The fourth-order valence-electron chi connectivity index (χ4n) is 2.47. The van der Waals surface area contributed by atoms with Crippen molar-refractivity contribution in [2.24, 2.45) is 0 Å². The number of benzene rings is 2. The maximum Gasteiger partial charge on any atom is 0.261 e. The van der Waals surface area contributed by atoms with Crippen molar-refractivity contribution in [2.75, 3.05) is 10.0 Å². The second kappa shape index (κ2) is 9.11. The molecule has 0 aliphatic carbocycles. The third-order valence-corrected chi connectivity index (χ3v) is 6.56. The molecule has 0 bridgehead atoms. The highest BCUT2D eigenvalue weighted by molar-refractivity contribution is 8.00. The Morgan fingerprint density at radius 3 is 2.31 bits per heavy atom. The highest BCUT2D eigenvalue weighted by Gasteiger charge is 2.17. The summed E-state index contributed by atoms with van der Waals surface area (Å²) in [5.41, 5.74) is 2.08. The van der Waals surface area contributed by atoms with Crippen LogP contribution in [-0.2, 0) is 14.8 Å². The van der Waals surface area contributed by atoms with Gasteiger partial charge in [0, 0.05) is 16.8 Å². The molecule has 0 unspecified atom stereocenters. The van der Waals surface area contributed by atoms with E-state index in [-0.39, 0.29) is 16.1 Å². The zero-order valence-electron chi connectivity index (χ0n) is 16.0. The van der Waals surface area contributed by atoms with Crippen molar-refractivity contribution in [2.45, 2.75) is 28.9 Å². The summed E-state index contributed by atoms with van der Waals surface area (Å²) in [6.45, 7) is 3.84. The average Bonchev–Trinajstić information content (AvgIpc) is 2.70. The smallest absolute Gasteiger partial charge is 0.261 e. The lowest BCUT2D eigenvalue weighted by Crippen LogP contribution is -2.22. The minimum atomic E-state index is -3.73. The number of amides is 1. The Labute approximate surface area is 174 Å². The Bertz CT molecular complexity index is 1070. The van der Waals surface area contributed by atoms with Gasteiger partial charge in [0.2, 0.25) is 5.91 Å². The summed E-state index contributed by atoms with van der Waals surface area (Å²) in [5, 5.41) is 2.52. The number of nitrogens with one attached hydrogen (secondary N) is 2. The van der Waals surface area contributed by atoms with E-state index in [1.165, 1.54) is 35.7 Å². The van der Waals surface area contributed by atoms with Gasteiger partial charge >= 0.3 is 0 Å². The Hall–Kier alpha value is -2.84. The predicted octanol–water partition coefficient (Wildman–Crippen LogP) is 4.31. The molecule has 8 heteroatoms. The molecule has 0 radical (unpaired) electrons. The Morgan fingerprint density at radius 2 is 1.69 bits per heavy atom. The Balaban J connectivity index is 1.62. The van der Waals surface area contributed by atoms with Gasteiger partial charge < -0.3 is 5.32 Å². The summed E-state index contributed by atoms with van der Waals surface area (Å²) in [6.07, 6.45) is 2.99. The maximum absolute atomic E-state index is 12.4. The number of thioether (sulfide) groups is 1. The van der Waals surface area contributed by atoms with Gasteiger partial charge in [-0.2, -0.15) is 0 Å². The molecule has 3 aromatic rings. The van der Waals surface area contributed by atoms with Crippen molar-refractivity contribution < 1.29 is 13.2 Å². The van der Waals surface area contributed by atoms with Crippen LogP contribution in [0.15, 0.2) is 82.8 Å². The van der Waals surface area contributed by atoms with Gasteiger partial charge in [-0.05, 0) is 62.4 Å². The average molecular weight is 428 g/mol. The molecular weight excluding hydrogens is 406 g/mol. The largest absolute Gasteiger partial charge is 0.325 e. The molecule has 0 spiro atoms. The van der Waals surface area contributed by atoms with Gasteiger partial charge in [0.15, 0.2) is 0 Å². The van der Waals surface area contributed by atoms with Crippen molar-refractivity contribution in [1.82, 2.24) is 4.98 Å². The number of carbonyl (C=O) groups is 1. The summed E-state index contributed by atoms with van der Waals surface area (Å²) < 4.78 is 27.3. The second-order valence-corrected chi connectivity index (χ2v) is 9.53. The van der Waals surface area contributed by atoms with Crippen LogP contribution in [-0.4, -0.2) is 24.6 Å². The highest BCUT2D eigenvalue weighted by atomic mass is 32.2. The number of hydrogen-bond donors (Lipinski definition) is 2. The Morgan fingerprint density at radius 1 is 1.00 bits per heavy atom. The molecule has 1 heterocycles. The van der Waals surface area contributed by atoms with E-state index in [0.29, 0.717) is 11.4 Å². The topological polar surface area (TPSA) is 88.2 Å².